The Balaban J connectivity index is 2.92. The minimum absolute atomic E-state index is 0.228. The van der Waals surface area contributed by atoms with E-state index >= 15 is 0 Å². The zero-order chi connectivity index (χ0) is 15.8. The first-order valence-corrected chi connectivity index (χ1v) is 7.56. The van der Waals surface area contributed by atoms with Gasteiger partial charge in [-0.2, -0.15) is 0 Å². The molecule has 1 rings (SSSR count). The first kappa shape index (κ1) is 17.2. The average molecular weight is 291 g/mol. The summed E-state index contributed by atoms with van der Waals surface area (Å²) in [6.45, 7) is 7.73. The van der Waals surface area contributed by atoms with Gasteiger partial charge in [0.25, 0.3) is 0 Å². The molecule has 21 heavy (non-hydrogen) atoms. The van der Waals surface area contributed by atoms with Crippen molar-refractivity contribution < 1.29 is 14.3 Å². The molecule has 116 valence electrons. The highest BCUT2D eigenvalue weighted by atomic mass is 16.5. The summed E-state index contributed by atoms with van der Waals surface area (Å²) in [5.74, 6) is -0.612. The predicted octanol–water partition coefficient (Wildman–Crippen LogP) is 2.42. The largest absolute Gasteiger partial charge is 0.464 e. The van der Waals surface area contributed by atoms with Gasteiger partial charge in [-0.15, -0.1) is 0 Å². The van der Waals surface area contributed by atoms with Crippen molar-refractivity contribution in [3.05, 3.63) is 34.9 Å². The summed E-state index contributed by atoms with van der Waals surface area (Å²) in [5.41, 5.74) is 3.66. The molecule has 0 aliphatic heterocycles. The standard InChI is InChI=1S/C17H25NO3/c1-5-14-9-8-13(10-15(14)6-2)11-16(18-12(4)19)17(20)21-7-3/h8-10,16H,5-7,11H2,1-4H3,(H,18,19). The van der Waals surface area contributed by atoms with Crippen molar-refractivity contribution in [3.8, 4) is 0 Å². The number of aryl methyl sites for hydroxylation is 2. The van der Waals surface area contributed by atoms with E-state index in [2.05, 4.69) is 31.3 Å². The second-order valence-corrected chi connectivity index (χ2v) is 5.02. The van der Waals surface area contributed by atoms with E-state index in [0.717, 1.165) is 18.4 Å². The summed E-state index contributed by atoms with van der Waals surface area (Å²) in [5, 5.41) is 2.67. The molecule has 0 aliphatic carbocycles. The SMILES string of the molecule is CCOC(=O)C(Cc1ccc(CC)c(CC)c1)NC(C)=O. The molecule has 0 radical (unpaired) electrons. The number of nitrogens with one attached hydrogen (secondary N) is 1. The summed E-state index contributed by atoms with van der Waals surface area (Å²) in [6, 6.07) is 5.61. The third-order valence-electron chi connectivity index (χ3n) is 3.42. The Bertz CT molecular complexity index is 497. The van der Waals surface area contributed by atoms with E-state index in [1.165, 1.54) is 18.1 Å². The molecule has 0 aliphatic rings. The third-order valence-corrected chi connectivity index (χ3v) is 3.42. The van der Waals surface area contributed by atoms with Crippen LogP contribution in [-0.2, 0) is 33.6 Å². The monoisotopic (exact) mass is 291 g/mol. The van der Waals surface area contributed by atoms with Crippen molar-refractivity contribution >= 4 is 11.9 Å². The molecule has 1 aromatic rings. The van der Waals surface area contributed by atoms with Gasteiger partial charge in [-0.1, -0.05) is 32.0 Å². The fourth-order valence-corrected chi connectivity index (χ4v) is 2.40. The van der Waals surface area contributed by atoms with E-state index < -0.39 is 6.04 Å². The summed E-state index contributed by atoms with van der Waals surface area (Å²) >= 11 is 0. The van der Waals surface area contributed by atoms with Crippen LogP contribution in [0, 0.1) is 0 Å². The fraction of sp³-hybridized carbons (Fsp3) is 0.529. The number of hydrogen-bond acceptors (Lipinski definition) is 3. The number of hydrogen-bond donors (Lipinski definition) is 1. The van der Waals surface area contributed by atoms with Crippen molar-refractivity contribution in [2.24, 2.45) is 0 Å². The van der Waals surface area contributed by atoms with Crippen LogP contribution in [0.2, 0.25) is 0 Å². The lowest BCUT2D eigenvalue weighted by atomic mass is 9.97. The lowest BCUT2D eigenvalue weighted by Crippen LogP contribution is -2.42. The first-order chi connectivity index (χ1) is 10.0. The van der Waals surface area contributed by atoms with Crippen LogP contribution in [0.15, 0.2) is 18.2 Å². The number of carbonyl (C=O) groups is 2. The molecule has 1 atom stereocenters. The quantitative estimate of drug-likeness (QED) is 0.785. The summed E-state index contributed by atoms with van der Waals surface area (Å²) in [7, 11) is 0. The van der Waals surface area contributed by atoms with Crippen LogP contribution < -0.4 is 5.32 Å². The van der Waals surface area contributed by atoms with Gasteiger partial charge in [-0.3, -0.25) is 4.79 Å². The van der Waals surface area contributed by atoms with Crippen molar-refractivity contribution in [3.63, 3.8) is 0 Å². The molecule has 0 aromatic heterocycles. The third kappa shape index (κ3) is 5.21. The van der Waals surface area contributed by atoms with Crippen LogP contribution in [0.3, 0.4) is 0 Å². The molecule has 1 amide bonds. The molecule has 1 unspecified atom stereocenters. The molecule has 0 bridgehead atoms. The second kappa shape index (κ2) is 8.45. The molecular weight excluding hydrogens is 266 g/mol. The molecule has 0 saturated carbocycles. The van der Waals surface area contributed by atoms with Crippen LogP contribution in [-0.4, -0.2) is 24.5 Å². The van der Waals surface area contributed by atoms with Gasteiger partial charge in [0.05, 0.1) is 6.61 Å². The zero-order valence-corrected chi connectivity index (χ0v) is 13.4. The molecule has 0 heterocycles. The Labute approximate surface area is 126 Å². The van der Waals surface area contributed by atoms with Crippen LogP contribution >= 0.6 is 0 Å². The lowest BCUT2D eigenvalue weighted by molar-refractivity contribution is -0.147. The predicted molar refractivity (Wildman–Crippen MR) is 83.1 cm³/mol. The van der Waals surface area contributed by atoms with Gasteiger partial charge in [0.1, 0.15) is 6.04 Å². The molecule has 0 fully saturated rings. The number of ether oxygens (including phenoxy) is 1. The van der Waals surface area contributed by atoms with Crippen molar-refractivity contribution in [2.75, 3.05) is 6.61 Å². The van der Waals surface area contributed by atoms with E-state index in [-0.39, 0.29) is 11.9 Å². The minimum atomic E-state index is -0.625. The molecule has 0 saturated heterocycles. The number of amides is 1. The van der Waals surface area contributed by atoms with Gasteiger partial charge in [0.2, 0.25) is 5.91 Å². The summed E-state index contributed by atoms with van der Waals surface area (Å²) in [6.07, 6.45) is 2.41. The topological polar surface area (TPSA) is 55.4 Å². The molecule has 0 spiro atoms. The minimum Gasteiger partial charge on any atom is -0.464 e. The molecule has 1 N–H and O–H groups in total. The van der Waals surface area contributed by atoms with E-state index in [1.54, 1.807) is 6.92 Å². The zero-order valence-electron chi connectivity index (χ0n) is 13.4. The van der Waals surface area contributed by atoms with E-state index in [4.69, 9.17) is 4.74 Å². The maximum atomic E-state index is 11.9. The van der Waals surface area contributed by atoms with Crippen LogP contribution in [0.4, 0.5) is 0 Å². The maximum Gasteiger partial charge on any atom is 0.328 e. The average Bonchev–Trinajstić information content (AvgIpc) is 2.46. The highest BCUT2D eigenvalue weighted by Gasteiger charge is 2.21. The smallest absolute Gasteiger partial charge is 0.328 e. The second-order valence-electron chi connectivity index (χ2n) is 5.02. The molecular formula is C17H25NO3. The number of esters is 1. The van der Waals surface area contributed by atoms with Gasteiger partial charge in [0, 0.05) is 13.3 Å². The van der Waals surface area contributed by atoms with Gasteiger partial charge in [-0.05, 0) is 36.5 Å². The Kier molecular flexibility index (Phi) is 6.92. The van der Waals surface area contributed by atoms with E-state index in [9.17, 15) is 9.59 Å². The van der Waals surface area contributed by atoms with Gasteiger partial charge >= 0.3 is 5.97 Å². The van der Waals surface area contributed by atoms with E-state index in [0.29, 0.717) is 13.0 Å². The fourth-order valence-electron chi connectivity index (χ4n) is 2.40. The molecule has 1 aromatic carbocycles. The molecule has 4 heteroatoms. The van der Waals surface area contributed by atoms with Gasteiger partial charge < -0.3 is 10.1 Å². The van der Waals surface area contributed by atoms with Crippen molar-refractivity contribution in [1.29, 1.82) is 0 Å². The van der Waals surface area contributed by atoms with Gasteiger partial charge in [-0.25, -0.2) is 4.79 Å². The Morgan fingerprint density at radius 3 is 2.33 bits per heavy atom. The van der Waals surface area contributed by atoms with Gasteiger partial charge in [0.15, 0.2) is 0 Å². The van der Waals surface area contributed by atoms with Crippen molar-refractivity contribution in [1.82, 2.24) is 5.32 Å². The number of rotatable bonds is 7. The van der Waals surface area contributed by atoms with Crippen LogP contribution in [0.25, 0.3) is 0 Å². The summed E-state index contributed by atoms with van der Waals surface area (Å²) < 4.78 is 5.02. The summed E-state index contributed by atoms with van der Waals surface area (Å²) in [4.78, 5) is 23.2. The normalized spacial score (nSPS) is 11.8. The highest BCUT2D eigenvalue weighted by molar-refractivity contribution is 5.83. The maximum absolute atomic E-state index is 11.9. The Morgan fingerprint density at radius 2 is 1.81 bits per heavy atom. The van der Waals surface area contributed by atoms with Crippen LogP contribution in [0.1, 0.15) is 44.4 Å². The Hall–Kier alpha value is -1.84. The number of carbonyl (C=O) groups excluding carboxylic acids is 2. The van der Waals surface area contributed by atoms with Crippen molar-refractivity contribution in [2.45, 2.75) is 53.0 Å². The highest BCUT2D eigenvalue weighted by Crippen LogP contribution is 2.15. The van der Waals surface area contributed by atoms with Crippen LogP contribution in [0.5, 0.6) is 0 Å². The van der Waals surface area contributed by atoms with E-state index in [1.807, 2.05) is 6.07 Å². The Morgan fingerprint density at radius 1 is 1.14 bits per heavy atom. The first-order valence-electron chi connectivity index (χ1n) is 7.56. The number of benzene rings is 1. The molecule has 4 nitrogen and oxygen atoms in total. The lowest BCUT2D eigenvalue weighted by Gasteiger charge is -2.17.